The highest BCUT2D eigenvalue weighted by Gasteiger charge is 2.48. The molecule has 3 aromatic heterocycles. The second kappa shape index (κ2) is 13.0. The second-order valence-electron chi connectivity index (χ2n) is 12.6. The van der Waals surface area contributed by atoms with Crippen LogP contribution >= 0.6 is 21.6 Å². The van der Waals surface area contributed by atoms with Crippen molar-refractivity contribution in [3.63, 3.8) is 0 Å². The van der Waals surface area contributed by atoms with Gasteiger partial charge in [0.15, 0.2) is 0 Å². The molecule has 0 aromatic carbocycles. The first-order chi connectivity index (χ1) is 20.5. The summed E-state index contributed by atoms with van der Waals surface area (Å²) in [4.78, 5) is 31.6. The number of carbonyl (C=O) groups excluding carboxylic acids is 2. The third-order valence-corrected chi connectivity index (χ3v) is 10.0. The smallest absolute Gasteiger partial charge is 0.270 e. The van der Waals surface area contributed by atoms with E-state index in [0.29, 0.717) is 43.2 Å². The number of anilines is 1. The summed E-state index contributed by atoms with van der Waals surface area (Å²) in [5, 5.41) is 15.2. The normalized spacial score (nSPS) is 16.4. The number of aromatic nitrogens is 5. The van der Waals surface area contributed by atoms with Crippen LogP contribution in [0.15, 0.2) is 24.4 Å². The SMILES string of the molecule is CCn1nccc1C(=O)N[C@H](C(=O)Nc1ccc(-c2c(C)nn(COCCS(C)(C)C)c2C)c(Cl)n1)C(C1CC1)C1CC1. The van der Waals surface area contributed by atoms with Gasteiger partial charge < -0.3 is 15.4 Å². The monoisotopic (exact) mass is 629 g/mol. The van der Waals surface area contributed by atoms with Crippen molar-refractivity contribution in [1.82, 2.24) is 29.9 Å². The number of amides is 2. The van der Waals surface area contributed by atoms with Gasteiger partial charge in [-0.15, -0.1) is 0 Å². The van der Waals surface area contributed by atoms with E-state index in [2.05, 4.69) is 44.6 Å². The molecule has 2 N–H and O–H groups in total. The zero-order valence-electron chi connectivity index (χ0n) is 26.0. The van der Waals surface area contributed by atoms with Crippen molar-refractivity contribution in [2.24, 2.45) is 17.8 Å². The van der Waals surface area contributed by atoms with Crippen LogP contribution in [0.3, 0.4) is 0 Å². The highest BCUT2D eigenvalue weighted by Crippen LogP contribution is 2.51. The quantitative estimate of drug-likeness (QED) is 0.185. The first kappa shape index (κ1) is 31.5. The van der Waals surface area contributed by atoms with Crippen molar-refractivity contribution >= 4 is 39.3 Å². The Morgan fingerprint density at radius 2 is 1.79 bits per heavy atom. The number of aryl methyl sites for hydroxylation is 2. The number of nitrogens with zero attached hydrogens (tertiary/aromatic N) is 5. The third kappa shape index (κ3) is 7.61. The summed E-state index contributed by atoms with van der Waals surface area (Å²) in [6.45, 7) is 7.50. The first-order valence-corrected chi connectivity index (χ1v) is 18.5. The molecule has 5 rings (SSSR count). The molecule has 0 radical (unpaired) electrons. The average Bonchev–Trinajstić information content (AvgIpc) is 3.88. The van der Waals surface area contributed by atoms with Crippen LogP contribution in [-0.2, 0) is 22.8 Å². The molecule has 2 saturated carbocycles. The molecule has 234 valence electrons. The van der Waals surface area contributed by atoms with E-state index in [1.807, 2.05) is 31.5 Å². The molecular formula is C31H44ClN7O3S. The Morgan fingerprint density at radius 3 is 2.40 bits per heavy atom. The molecule has 0 saturated heterocycles. The fraction of sp³-hybridized carbons (Fsp3) is 0.581. The summed E-state index contributed by atoms with van der Waals surface area (Å²) < 4.78 is 9.40. The number of rotatable bonds is 14. The highest BCUT2D eigenvalue weighted by atomic mass is 35.5. The number of hydrogen-bond acceptors (Lipinski definition) is 6. The number of halogens is 1. The zero-order valence-corrected chi connectivity index (χ0v) is 27.6. The molecule has 43 heavy (non-hydrogen) atoms. The van der Waals surface area contributed by atoms with Crippen LogP contribution < -0.4 is 10.6 Å². The van der Waals surface area contributed by atoms with E-state index in [0.717, 1.165) is 54.0 Å². The van der Waals surface area contributed by atoms with Crippen molar-refractivity contribution < 1.29 is 14.3 Å². The van der Waals surface area contributed by atoms with Crippen molar-refractivity contribution in [3.05, 3.63) is 46.6 Å². The lowest BCUT2D eigenvalue weighted by molar-refractivity contribution is -0.119. The Morgan fingerprint density at radius 1 is 1.09 bits per heavy atom. The Bertz CT molecular complexity index is 1460. The van der Waals surface area contributed by atoms with Gasteiger partial charge in [0.05, 0.1) is 12.3 Å². The first-order valence-electron chi connectivity index (χ1n) is 15.0. The van der Waals surface area contributed by atoms with Gasteiger partial charge >= 0.3 is 0 Å². The molecule has 2 fully saturated rings. The molecule has 10 nitrogen and oxygen atoms in total. The van der Waals surface area contributed by atoms with Crippen LogP contribution in [0.1, 0.15) is 54.5 Å². The minimum absolute atomic E-state index is 0.0971. The number of ether oxygens (including phenoxy) is 1. The Balaban J connectivity index is 1.31. The van der Waals surface area contributed by atoms with Gasteiger partial charge in [-0.2, -0.15) is 10.2 Å². The van der Waals surface area contributed by atoms with E-state index < -0.39 is 16.1 Å². The number of hydrogen-bond donors (Lipinski definition) is 2. The van der Waals surface area contributed by atoms with Crippen molar-refractivity contribution in [1.29, 1.82) is 0 Å². The summed E-state index contributed by atoms with van der Waals surface area (Å²) in [6, 6.07) is 4.63. The summed E-state index contributed by atoms with van der Waals surface area (Å²) >= 11 is 6.72. The Kier molecular flexibility index (Phi) is 9.53. The number of carbonyl (C=O) groups is 2. The molecule has 0 aliphatic heterocycles. The van der Waals surface area contributed by atoms with Crippen LogP contribution in [0.2, 0.25) is 5.15 Å². The van der Waals surface area contributed by atoms with E-state index >= 15 is 0 Å². The van der Waals surface area contributed by atoms with E-state index in [1.165, 1.54) is 0 Å². The predicted molar refractivity (Wildman–Crippen MR) is 173 cm³/mol. The maximum Gasteiger partial charge on any atom is 0.270 e. The Hall–Kier alpha value is -2.89. The van der Waals surface area contributed by atoms with Crippen LogP contribution in [0.5, 0.6) is 0 Å². The van der Waals surface area contributed by atoms with E-state index in [9.17, 15) is 9.59 Å². The molecule has 1 atom stereocenters. The molecule has 0 bridgehead atoms. The van der Waals surface area contributed by atoms with Crippen molar-refractivity contribution in [3.8, 4) is 11.1 Å². The molecule has 2 amide bonds. The van der Waals surface area contributed by atoms with Gasteiger partial charge in [0.25, 0.3) is 5.91 Å². The standard InChI is InChI=1S/C31H44ClN7O3S/c1-7-38-24(14-15-33-38)30(40)36-28(27(21-8-9-21)22-10-11-22)31(41)35-25-13-12-23(29(32)34-25)26-19(2)37-39(20(26)3)18-42-16-17-43(4,5)6/h12-15,21-22,27-28H,7-11,16-18H2,1-6H3,(H,36,40)(H,34,35,41)/t28-/m0/s1. The fourth-order valence-electron chi connectivity index (χ4n) is 5.79. The number of nitrogens with one attached hydrogen (secondary N) is 2. The van der Waals surface area contributed by atoms with Gasteiger partial charge in [-0.3, -0.25) is 14.3 Å². The molecule has 3 aromatic rings. The minimum atomic E-state index is -0.671. The molecule has 0 spiro atoms. The van der Waals surface area contributed by atoms with Crippen LogP contribution in [0.25, 0.3) is 11.1 Å². The maximum absolute atomic E-state index is 13.8. The van der Waals surface area contributed by atoms with Crippen LogP contribution in [0, 0.1) is 31.6 Å². The molecular weight excluding hydrogens is 586 g/mol. The lowest BCUT2D eigenvalue weighted by atomic mass is 9.88. The van der Waals surface area contributed by atoms with Gasteiger partial charge in [-0.25, -0.2) is 19.7 Å². The summed E-state index contributed by atoms with van der Waals surface area (Å²) in [5.74, 6) is 1.80. The predicted octanol–water partition coefficient (Wildman–Crippen LogP) is 5.27. The van der Waals surface area contributed by atoms with Gasteiger partial charge in [-0.05, 0) is 101 Å². The van der Waals surface area contributed by atoms with E-state index in [1.54, 1.807) is 23.0 Å². The lowest BCUT2D eigenvalue weighted by Gasteiger charge is -2.27. The van der Waals surface area contributed by atoms with Gasteiger partial charge in [0, 0.05) is 35.3 Å². The molecule has 12 heteroatoms. The van der Waals surface area contributed by atoms with E-state index in [-0.39, 0.29) is 22.9 Å². The molecule has 3 heterocycles. The lowest BCUT2D eigenvalue weighted by Crippen LogP contribution is -2.50. The number of pyridine rings is 1. The molecule has 2 aliphatic rings. The maximum atomic E-state index is 13.8. The largest absolute Gasteiger partial charge is 0.358 e. The Labute approximate surface area is 260 Å². The van der Waals surface area contributed by atoms with Gasteiger partial charge in [-0.1, -0.05) is 11.6 Å². The van der Waals surface area contributed by atoms with Gasteiger partial charge in [0.1, 0.15) is 29.4 Å². The summed E-state index contributed by atoms with van der Waals surface area (Å²) in [5.41, 5.74) is 3.86. The van der Waals surface area contributed by atoms with Crippen molar-refractivity contribution in [2.45, 2.75) is 65.8 Å². The van der Waals surface area contributed by atoms with Crippen LogP contribution in [-0.4, -0.2) is 73.5 Å². The third-order valence-electron chi connectivity index (χ3n) is 8.34. The zero-order chi connectivity index (χ0) is 30.9. The van der Waals surface area contributed by atoms with Crippen LogP contribution in [0.4, 0.5) is 5.82 Å². The summed E-state index contributed by atoms with van der Waals surface area (Å²) in [6.07, 6.45) is 12.8. The topological polar surface area (TPSA) is 116 Å². The molecule has 2 aliphatic carbocycles. The highest BCUT2D eigenvalue weighted by molar-refractivity contribution is 8.32. The minimum Gasteiger partial charge on any atom is -0.358 e. The van der Waals surface area contributed by atoms with Crippen molar-refractivity contribution in [2.75, 3.05) is 36.4 Å². The second-order valence-corrected chi connectivity index (χ2v) is 17.6. The van der Waals surface area contributed by atoms with E-state index in [4.69, 9.17) is 16.3 Å². The fourth-order valence-corrected chi connectivity index (χ4v) is 6.65. The summed E-state index contributed by atoms with van der Waals surface area (Å²) in [7, 11) is -0.620. The van der Waals surface area contributed by atoms with Gasteiger partial charge in [0.2, 0.25) is 5.91 Å². The molecule has 0 unspecified atom stereocenters. The average molecular weight is 630 g/mol.